The summed E-state index contributed by atoms with van der Waals surface area (Å²) in [6, 6.07) is 11.0. The summed E-state index contributed by atoms with van der Waals surface area (Å²) in [6.45, 7) is 5.42. The molecule has 0 fully saturated rings. The van der Waals surface area contributed by atoms with E-state index in [1.54, 1.807) is 6.07 Å². The molecule has 1 aromatic heterocycles. The van der Waals surface area contributed by atoms with Gasteiger partial charge in [-0.2, -0.15) is 0 Å². The molecule has 2 rings (SSSR count). The minimum Gasteiger partial charge on any atom is -0.313 e. The van der Waals surface area contributed by atoms with Gasteiger partial charge in [0.05, 0.1) is 0 Å². The Kier molecular flexibility index (Phi) is 5.52. The summed E-state index contributed by atoms with van der Waals surface area (Å²) in [5.74, 6) is 0. The summed E-state index contributed by atoms with van der Waals surface area (Å²) in [5.41, 5.74) is 1.94. The van der Waals surface area contributed by atoms with E-state index in [1.165, 1.54) is 11.3 Å². The van der Waals surface area contributed by atoms with Crippen LogP contribution in [0.15, 0.2) is 46.0 Å². The fourth-order valence-corrected chi connectivity index (χ4v) is 4.41. The Morgan fingerprint density at radius 1 is 1.24 bits per heavy atom. The SMILES string of the molecule is CCNCc1csc(S(=O)(=O)NC(C)c2ccccc2)c1. The van der Waals surface area contributed by atoms with Gasteiger partial charge in [0, 0.05) is 12.6 Å². The molecule has 1 heterocycles. The molecule has 0 amide bonds. The summed E-state index contributed by atoms with van der Waals surface area (Å²) < 4.78 is 27.8. The third-order valence-corrected chi connectivity index (χ3v) is 6.13. The fourth-order valence-electron chi connectivity index (χ4n) is 1.96. The van der Waals surface area contributed by atoms with E-state index >= 15 is 0 Å². The van der Waals surface area contributed by atoms with Crippen LogP contribution in [0.3, 0.4) is 0 Å². The molecule has 1 atom stereocenters. The van der Waals surface area contributed by atoms with Gasteiger partial charge in [0.2, 0.25) is 0 Å². The zero-order chi connectivity index (χ0) is 15.3. The quantitative estimate of drug-likeness (QED) is 0.823. The van der Waals surface area contributed by atoms with Crippen molar-refractivity contribution in [2.24, 2.45) is 0 Å². The van der Waals surface area contributed by atoms with Crippen molar-refractivity contribution in [2.75, 3.05) is 6.54 Å². The van der Waals surface area contributed by atoms with Crippen LogP contribution in [-0.2, 0) is 16.6 Å². The minimum atomic E-state index is -3.47. The maximum absolute atomic E-state index is 12.4. The zero-order valence-electron chi connectivity index (χ0n) is 12.2. The van der Waals surface area contributed by atoms with Gasteiger partial charge in [0.1, 0.15) is 4.21 Å². The molecule has 1 unspecified atom stereocenters. The average Bonchev–Trinajstić information content (AvgIpc) is 2.95. The molecule has 4 nitrogen and oxygen atoms in total. The van der Waals surface area contributed by atoms with Gasteiger partial charge in [-0.25, -0.2) is 13.1 Å². The molecule has 0 aliphatic carbocycles. The number of thiophene rings is 1. The molecule has 21 heavy (non-hydrogen) atoms. The second-order valence-corrected chi connectivity index (χ2v) is 7.66. The first kappa shape index (κ1) is 16.2. The largest absolute Gasteiger partial charge is 0.313 e. The summed E-state index contributed by atoms with van der Waals surface area (Å²) in [6.07, 6.45) is 0. The Labute approximate surface area is 130 Å². The maximum atomic E-state index is 12.4. The number of sulfonamides is 1. The van der Waals surface area contributed by atoms with Gasteiger partial charge in [-0.3, -0.25) is 0 Å². The predicted octanol–water partition coefficient (Wildman–Crippen LogP) is 2.90. The van der Waals surface area contributed by atoms with Crippen LogP contribution in [0.5, 0.6) is 0 Å². The minimum absolute atomic E-state index is 0.254. The van der Waals surface area contributed by atoms with Gasteiger partial charge in [-0.15, -0.1) is 11.3 Å². The summed E-state index contributed by atoms with van der Waals surface area (Å²) >= 11 is 1.25. The Balaban J connectivity index is 2.09. The second kappa shape index (κ2) is 7.17. The van der Waals surface area contributed by atoms with Crippen LogP contribution in [0.1, 0.15) is 31.0 Å². The fraction of sp³-hybridized carbons (Fsp3) is 0.333. The maximum Gasteiger partial charge on any atom is 0.250 e. The van der Waals surface area contributed by atoms with Crippen LogP contribution in [0.25, 0.3) is 0 Å². The van der Waals surface area contributed by atoms with E-state index in [0.29, 0.717) is 10.8 Å². The third kappa shape index (κ3) is 4.38. The Bertz CT molecular complexity index is 666. The molecule has 2 aromatic rings. The molecule has 0 bridgehead atoms. The molecule has 114 valence electrons. The van der Waals surface area contributed by atoms with Crippen molar-refractivity contribution in [3.8, 4) is 0 Å². The summed E-state index contributed by atoms with van der Waals surface area (Å²) in [5, 5.41) is 5.07. The van der Waals surface area contributed by atoms with Crippen LogP contribution in [-0.4, -0.2) is 15.0 Å². The number of hydrogen-bond donors (Lipinski definition) is 2. The van der Waals surface area contributed by atoms with Crippen molar-refractivity contribution >= 4 is 21.4 Å². The van der Waals surface area contributed by atoms with E-state index < -0.39 is 10.0 Å². The first-order chi connectivity index (χ1) is 10.0. The second-order valence-electron chi connectivity index (χ2n) is 4.81. The van der Waals surface area contributed by atoms with Gasteiger partial charge in [0.15, 0.2) is 0 Å². The van der Waals surface area contributed by atoms with E-state index in [2.05, 4.69) is 10.0 Å². The zero-order valence-corrected chi connectivity index (χ0v) is 13.8. The lowest BCUT2D eigenvalue weighted by molar-refractivity contribution is 0.569. The lowest BCUT2D eigenvalue weighted by Gasteiger charge is -2.13. The lowest BCUT2D eigenvalue weighted by atomic mass is 10.1. The summed E-state index contributed by atoms with van der Waals surface area (Å²) in [4.78, 5) is 0. The number of benzene rings is 1. The summed E-state index contributed by atoms with van der Waals surface area (Å²) in [7, 11) is -3.47. The highest BCUT2D eigenvalue weighted by Gasteiger charge is 2.20. The smallest absolute Gasteiger partial charge is 0.250 e. The topological polar surface area (TPSA) is 58.2 Å². The number of rotatable bonds is 7. The van der Waals surface area contributed by atoms with Crippen LogP contribution in [0.4, 0.5) is 0 Å². The highest BCUT2D eigenvalue weighted by Crippen LogP contribution is 2.22. The van der Waals surface area contributed by atoms with E-state index in [-0.39, 0.29) is 6.04 Å². The van der Waals surface area contributed by atoms with Crippen molar-refractivity contribution in [3.05, 3.63) is 52.9 Å². The van der Waals surface area contributed by atoms with Crippen molar-refractivity contribution in [1.29, 1.82) is 0 Å². The van der Waals surface area contributed by atoms with E-state index in [9.17, 15) is 8.42 Å². The van der Waals surface area contributed by atoms with Crippen molar-refractivity contribution in [1.82, 2.24) is 10.0 Å². The molecular formula is C15H20N2O2S2. The van der Waals surface area contributed by atoms with Gasteiger partial charge in [0.25, 0.3) is 10.0 Å². The molecule has 0 saturated carbocycles. The van der Waals surface area contributed by atoms with Gasteiger partial charge in [-0.1, -0.05) is 37.3 Å². The van der Waals surface area contributed by atoms with E-state index in [1.807, 2.05) is 49.6 Å². The van der Waals surface area contributed by atoms with Crippen LogP contribution in [0, 0.1) is 0 Å². The highest BCUT2D eigenvalue weighted by atomic mass is 32.2. The molecular weight excluding hydrogens is 304 g/mol. The number of hydrogen-bond acceptors (Lipinski definition) is 4. The van der Waals surface area contributed by atoms with Crippen LogP contribution < -0.4 is 10.0 Å². The van der Waals surface area contributed by atoms with Gasteiger partial charge in [-0.05, 0) is 36.0 Å². The first-order valence-electron chi connectivity index (χ1n) is 6.88. The van der Waals surface area contributed by atoms with E-state index in [0.717, 1.165) is 17.7 Å². The van der Waals surface area contributed by atoms with Crippen molar-refractivity contribution in [2.45, 2.75) is 30.6 Å². The Morgan fingerprint density at radius 3 is 2.62 bits per heavy atom. The molecule has 0 saturated heterocycles. The molecule has 1 aromatic carbocycles. The lowest BCUT2D eigenvalue weighted by Crippen LogP contribution is -2.26. The van der Waals surface area contributed by atoms with Gasteiger partial charge < -0.3 is 5.32 Å². The first-order valence-corrected chi connectivity index (χ1v) is 9.24. The van der Waals surface area contributed by atoms with Gasteiger partial charge >= 0.3 is 0 Å². The van der Waals surface area contributed by atoms with Crippen molar-refractivity contribution in [3.63, 3.8) is 0 Å². The highest BCUT2D eigenvalue weighted by molar-refractivity contribution is 7.91. The van der Waals surface area contributed by atoms with E-state index in [4.69, 9.17) is 0 Å². The molecule has 0 aliphatic rings. The Morgan fingerprint density at radius 2 is 1.95 bits per heavy atom. The molecule has 0 radical (unpaired) electrons. The van der Waals surface area contributed by atoms with Crippen LogP contribution in [0.2, 0.25) is 0 Å². The van der Waals surface area contributed by atoms with Crippen LogP contribution >= 0.6 is 11.3 Å². The molecule has 2 N–H and O–H groups in total. The molecule has 0 spiro atoms. The Hall–Kier alpha value is -1.21. The molecule has 0 aliphatic heterocycles. The standard InChI is InChI=1S/C15H20N2O2S2/c1-3-16-10-13-9-15(20-11-13)21(18,19)17-12(2)14-7-5-4-6-8-14/h4-9,11-12,16-17H,3,10H2,1-2H3. The molecule has 6 heteroatoms. The third-order valence-electron chi connectivity index (χ3n) is 3.11. The normalized spacial score (nSPS) is 13.2. The predicted molar refractivity (Wildman–Crippen MR) is 86.9 cm³/mol. The van der Waals surface area contributed by atoms with Crippen molar-refractivity contribution < 1.29 is 8.42 Å². The number of nitrogens with one attached hydrogen (secondary N) is 2. The monoisotopic (exact) mass is 324 g/mol. The average molecular weight is 324 g/mol.